The number of likely N-dealkylation sites (N-methyl/N-ethyl adjacent to an activating group) is 1. The molecular formula is C20H27BrN4O. The first-order valence-electron chi connectivity index (χ1n) is 9.36. The van der Waals surface area contributed by atoms with Crippen LogP contribution in [0.15, 0.2) is 28.7 Å². The molecule has 1 amide bonds. The maximum absolute atomic E-state index is 12.7. The van der Waals surface area contributed by atoms with E-state index >= 15 is 0 Å². The first-order chi connectivity index (χ1) is 12.6. The average molecular weight is 419 g/mol. The lowest BCUT2D eigenvalue weighted by molar-refractivity contribution is 0.0949. The second-order valence-electron chi connectivity index (χ2n) is 6.86. The number of aryl methyl sites for hydroxylation is 1. The number of fused-ring (bicyclic) bond motifs is 1. The number of pyridine rings is 1. The molecule has 0 radical (unpaired) electrons. The zero-order valence-corrected chi connectivity index (χ0v) is 17.2. The Morgan fingerprint density at radius 2 is 1.92 bits per heavy atom. The highest BCUT2D eigenvalue weighted by atomic mass is 79.9. The number of aromatic nitrogens is 1. The molecule has 0 atom stereocenters. The molecule has 1 aromatic carbocycles. The Labute approximate surface area is 163 Å². The summed E-state index contributed by atoms with van der Waals surface area (Å²) in [6.07, 6.45) is 0.976. The van der Waals surface area contributed by atoms with Gasteiger partial charge in [0, 0.05) is 48.3 Å². The van der Waals surface area contributed by atoms with Crippen LogP contribution in [0.2, 0.25) is 0 Å². The molecule has 0 unspecified atom stereocenters. The third-order valence-corrected chi connectivity index (χ3v) is 5.49. The molecule has 1 saturated heterocycles. The minimum Gasteiger partial charge on any atom is -0.352 e. The van der Waals surface area contributed by atoms with Crippen molar-refractivity contribution in [2.24, 2.45) is 0 Å². The summed E-state index contributed by atoms with van der Waals surface area (Å²) in [5.41, 5.74) is 2.41. The maximum Gasteiger partial charge on any atom is 0.252 e. The van der Waals surface area contributed by atoms with E-state index < -0.39 is 0 Å². The molecule has 1 aromatic heterocycles. The van der Waals surface area contributed by atoms with Crippen LogP contribution in [0, 0.1) is 6.92 Å². The Balaban J connectivity index is 1.54. The van der Waals surface area contributed by atoms with Gasteiger partial charge in [-0.3, -0.25) is 9.78 Å². The van der Waals surface area contributed by atoms with Crippen molar-refractivity contribution in [3.05, 3.63) is 40.0 Å². The molecule has 1 aliphatic heterocycles. The lowest BCUT2D eigenvalue weighted by atomic mass is 10.1. The summed E-state index contributed by atoms with van der Waals surface area (Å²) in [6, 6.07) is 7.73. The van der Waals surface area contributed by atoms with Gasteiger partial charge in [-0.15, -0.1) is 0 Å². The number of benzene rings is 1. The van der Waals surface area contributed by atoms with Gasteiger partial charge in [0.15, 0.2) is 0 Å². The monoisotopic (exact) mass is 418 g/mol. The van der Waals surface area contributed by atoms with E-state index in [1.54, 1.807) is 0 Å². The fourth-order valence-electron chi connectivity index (χ4n) is 3.45. The standard InChI is InChI=1S/C20H27BrN4O/c1-3-24-9-11-25(12-10-24)8-4-7-22-20(26)18-13-15(2)23-19-6-5-16(21)14-17(18)19/h5-6,13-14H,3-4,7-12H2,1-2H3,(H,22,26). The largest absolute Gasteiger partial charge is 0.352 e. The van der Waals surface area contributed by atoms with Crippen molar-refractivity contribution in [3.8, 4) is 0 Å². The Kier molecular flexibility index (Phi) is 6.62. The molecule has 6 heteroatoms. The number of carbonyl (C=O) groups excluding carboxylic acids is 1. The van der Waals surface area contributed by atoms with Crippen LogP contribution in [0.5, 0.6) is 0 Å². The van der Waals surface area contributed by atoms with Gasteiger partial charge in [0.25, 0.3) is 5.91 Å². The number of piperazine rings is 1. The number of halogens is 1. The third-order valence-electron chi connectivity index (χ3n) is 4.99. The summed E-state index contributed by atoms with van der Waals surface area (Å²) >= 11 is 3.48. The molecule has 0 aliphatic carbocycles. The highest BCUT2D eigenvalue weighted by Crippen LogP contribution is 2.22. The SMILES string of the molecule is CCN1CCN(CCCNC(=O)c2cc(C)nc3ccc(Br)cc23)CC1. The van der Waals surface area contributed by atoms with Crippen molar-refractivity contribution in [1.29, 1.82) is 0 Å². The summed E-state index contributed by atoms with van der Waals surface area (Å²) in [7, 11) is 0. The molecule has 0 bridgehead atoms. The smallest absolute Gasteiger partial charge is 0.252 e. The van der Waals surface area contributed by atoms with Gasteiger partial charge < -0.3 is 15.1 Å². The average Bonchev–Trinajstić information content (AvgIpc) is 2.65. The van der Waals surface area contributed by atoms with Crippen LogP contribution in [0.1, 0.15) is 29.4 Å². The molecule has 2 aromatic rings. The topological polar surface area (TPSA) is 48.5 Å². The van der Waals surface area contributed by atoms with Crippen LogP contribution in [-0.4, -0.2) is 66.5 Å². The molecule has 3 rings (SSSR count). The quantitative estimate of drug-likeness (QED) is 0.732. The Morgan fingerprint density at radius 3 is 2.65 bits per heavy atom. The maximum atomic E-state index is 12.7. The summed E-state index contributed by atoms with van der Waals surface area (Å²) in [5.74, 6) is -0.0191. The summed E-state index contributed by atoms with van der Waals surface area (Å²) in [5, 5.41) is 3.97. The van der Waals surface area contributed by atoms with E-state index in [-0.39, 0.29) is 5.91 Å². The van der Waals surface area contributed by atoms with Crippen LogP contribution in [0.25, 0.3) is 10.9 Å². The number of carbonyl (C=O) groups is 1. The second kappa shape index (κ2) is 8.93. The van der Waals surface area contributed by atoms with Gasteiger partial charge in [0.1, 0.15) is 0 Å². The summed E-state index contributed by atoms with van der Waals surface area (Å²) in [4.78, 5) is 22.2. The van der Waals surface area contributed by atoms with E-state index in [0.717, 1.165) is 66.8 Å². The molecule has 5 nitrogen and oxygen atoms in total. The predicted molar refractivity (Wildman–Crippen MR) is 110 cm³/mol. The van der Waals surface area contributed by atoms with Crippen LogP contribution in [0.4, 0.5) is 0 Å². The van der Waals surface area contributed by atoms with E-state index in [1.165, 1.54) is 0 Å². The molecular weight excluding hydrogens is 392 g/mol. The Morgan fingerprint density at radius 1 is 1.19 bits per heavy atom. The van der Waals surface area contributed by atoms with Crippen molar-refractivity contribution in [3.63, 3.8) is 0 Å². The fourth-order valence-corrected chi connectivity index (χ4v) is 3.81. The molecule has 26 heavy (non-hydrogen) atoms. The molecule has 1 fully saturated rings. The number of nitrogens with zero attached hydrogens (tertiary/aromatic N) is 3. The van der Waals surface area contributed by atoms with Crippen LogP contribution in [0.3, 0.4) is 0 Å². The molecule has 1 aliphatic rings. The van der Waals surface area contributed by atoms with Crippen LogP contribution >= 0.6 is 15.9 Å². The van der Waals surface area contributed by atoms with Gasteiger partial charge in [-0.05, 0) is 50.7 Å². The zero-order valence-electron chi connectivity index (χ0n) is 15.6. The molecule has 2 heterocycles. The van der Waals surface area contributed by atoms with Gasteiger partial charge in [-0.1, -0.05) is 22.9 Å². The molecule has 1 N–H and O–H groups in total. The van der Waals surface area contributed by atoms with E-state index in [2.05, 4.69) is 43.0 Å². The first kappa shape index (κ1) is 19.3. The van der Waals surface area contributed by atoms with E-state index in [1.807, 2.05) is 31.2 Å². The first-order valence-corrected chi connectivity index (χ1v) is 10.2. The van der Waals surface area contributed by atoms with Crippen molar-refractivity contribution >= 4 is 32.7 Å². The molecule has 0 spiro atoms. The summed E-state index contributed by atoms with van der Waals surface area (Å²) in [6.45, 7) is 11.6. The van der Waals surface area contributed by atoms with Crippen molar-refractivity contribution in [2.75, 3.05) is 45.8 Å². The molecule has 140 valence electrons. The highest BCUT2D eigenvalue weighted by molar-refractivity contribution is 9.10. The van der Waals surface area contributed by atoms with E-state index in [0.29, 0.717) is 12.1 Å². The number of hydrogen-bond acceptors (Lipinski definition) is 4. The van der Waals surface area contributed by atoms with Crippen molar-refractivity contribution in [2.45, 2.75) is 20.3 Å². The number of nitrogens with one attached hydrogen (secondary N) is 1. The van der Waals surface area contributed by atoms with Gasteiger partial charge in [0.05, 0.1) is 11.1 Å². The normalized spacial score (nSPS) is 16.1. The predicted octanol–water partition coefficient (Wildman–Crippen LogP) is 3.06. The summed E-state index contributed by atoms with van der Waals surface area (Å²) < 4.78 is 0.955. The van der Waals surface area contributed by atoms with Crippen molar-refractivity contribution in [1.82, 2.24) is 20.1 Å². The third kappa shape index (κ3) is 4.81. The van der Waals surface area contributed by atoms with E-state index in [4.69, 9.17) is 0 Å². The van der Waals surface area contributed by atoms with Gasteiger partial charge >= 0.3 is 0 Å². The van der Waals surface area contributed by atoms with E-state index in [9.17, 15) is 4.79 Å². The lowest BCUT2D eigenvalue weighted by Gasteiger charge is -2.33. The Hall–Kier alpha value is -1.50. The van der Waals surface area contributed by atoms with Gasteiger partial charge in [-0.25, -0.2) is 0 Å². The minimum absolute atomic E-state index is 0.0191. The Bertz CT molecular complexity index is 772. The zero-order chi connectivity index (χ0) is 18.5. The number of hydrogen-bond donors (Lipinski definition) is 1. The number of amides is 1. The highest BCUT2D eigenvalue weighted by Gasteiger charge is 2.15. The van der Waals surface area contributed by atoms with Gasteiger partial charge in [0.2, 0.25) is 0 Å². The second-order valence-corrected chi connectivity index (χ2v) is 7.77. The minimum atomic E-state index is -0.0191. The van der Waals surface area contributed by atoms with Crippen molar-refractivity contribution < 1.29 is 4.79 Å². The molecule has 0 saturated carbocycles. The lowest BCUT2D eigenvalue weighted by Crippen LogP contribution is -2.46. The van der Waals surface area contributed by atoms with Gasteiger partial charge in [-0.2, -0.15) is 0 Å². The number of rotatable bonds is 6. The van der Waals surface area contributed by atoms with Crippen LogP contribution < -0.4 is 5.32 Å². The van der Waals surface area contributed by atoms with Crippen LogP contribution in [-0.2, 0) is 0 Å². The fraction of sp³-hybridized carbons (Fsp3) is 0.500.